The minimum Gasteiger partial charge on any atom is -0.496 e. The van der Waals surface area contributed by atoms with Gasteiger partial charge in [-0.25, -0.2) is 4.79 Å². The van der Waals surface area contributed by atoms with Crippen molar-refractivity contribution in [3.8, 4) is 5.75 Å². The summed E-state index contributed by atoms with van der Waals surface area (Å²) in [6.45, 7) is 8.85. The van der Waals surface area contributed by atoms with Crippen molar-refractivity contribution >= 4 is 6.08 Å². The molecule has 6 atom stereocenters. The summed E-state index contributed by atoms with van der Waals surface area (Å²) in [6.07, 6.45) is 8.34. The Bertz CT molecular complexity index is 941. The molecule has 2 aliphatic rings. The standard InChI is InChI=1S/C23H30O7/c1-14-16(28-18(24)13-17(14)27-6)11-9-7-8-10-12-21(3,26)20-23(5)19(25)22(4,30-20)15(2)29-23/h7-13,15,19-20,25-26H,1-6H3/t15-,19-,20+,21-,22-,23-/m1/s1. The Kier molecular flexibility index (Phi) is 5.86. The third-order valence-electron chi connectivity index (χ3n) is 6.18. The lowest BCUT2D eigenvalue weighted by atomic mass is 9.82. The van der Waals surface area contributed by atoms with Crippen LogP contribution in [0.15, 0.2) is 45.7 Å². The highest BCUT2D eigenvalue weighted by atomic mass is 16.7. The van der Waals surface area contributed by atoms with Crippen molar-refractivity contribution in [3.05, 3.63) is 58.2 Å². The second-order valence-electron chi connectivity index (χ2n) is 8.48. The molecule has 2 bridgehead atoms. The number of hydrogen-bond donors (Lipinski definition) is 2. The summed E-state index contributed by atoms with van der Waals surface area (Å²) in [4.78, 5) is 11.6. The maximum absolute atomic E-state index is 11.6. The number of aliphatic hydroxyl groups is 2. The van der Waals surface area contributed by atoms with Gasteiger partial charge in [0.2, 0.25) is 0 Å². The van der Waals surface area contributed by atoms with E-state index >= 15 is 0 Å². The zero-order valence-electron chi connectivity index (χ0n) is 18.2. The van der Waals surface area contributed by atoms with E-state index in [2.05, 4.69) is 0 Å². The van der Waals surface area contributed by atoms with Gasteiger partial charge in [-0.05, 0) is 40.7 Å². The summed E-state index contributed by atoms with van der Waals surface area (Å²) in [7, 11) is 1.50. The second-order valence-corrected chi connectivity index (χ2v) is 8.48. The molecule has 2 aliphatic heterocycles. The Labute approximate surface area is 176 Å². The zero-order chi connectivity index (χ0) is 22.3. The molecule has 1 aromatic rings. The molecule has 0 aromatic carbocycles. The molecule has 2 fully saturated rings. The van der Waals surface area contributed by atoms with Gasteiger partial charge < -0.3 is 28.8 Å². The van der Waals surface area contributed by atoms with E-state index in [0.29, 0.717) is 11.5 Å². The summed E-state index contributed by atoms with van der Waals surface area (Å²) < 4.78 is 22.3. The molecule has 7 nitrogen and oxygen atoms in total. The molecule has 0 saturated carbocycles. The molecule has 0 amide bonds. The van der Waals surface area contributed by atoms with Crippen LogP contribution in [-0.4, -0.2) is 52.4 Å². The largest absolute Gasteiger partial charge is 0.496 e. The number of aliphatic hydroxyl groups excluding tert-OH is 1. The van der Waals surface area contributed by atoms with Crippen LogP contribution in [0.1, 0.15) is 39.0 Å². The average Bonchev–Trinajstić information content (AvgIpc) is 2.98. The lowest BCUT2D eigenvalue weighted by Crippen LogP contribution is -2.56. The van der Waals surface area contributed by atoms with Gasteiger partial charge in [0.15, 0.2) is 0 Å². The van der Waals surface area contributed by atoms with Gasteiger partial charge in [-0.15, -0.1) is 0 Å². The van der Waals surface area contributed by atoms with Crippen LogP contribution in [0.3, 0.4) is 0 Å². The molecular weight excluding hydrogens is 388 g/mol. The van der Waals surface area contributed by atoms with Crippen LogP contribution in [0.4, 0.5) is 0 Å². The zero-order valence-corrected chi connectivity index (χ0v) is 18.2. The lowest BCUT2D eigenvalue weighted by molar-refractivity contribution is -0.240. The molecule has 7 heteroatoms. The van der Waals surface area contributed by atoms with Crippen LogP contribution in [0.25, 0.3) is 6.08 Å². The third-order valence-corrected chi connectivity index (χ3v) is 6.18. The molecule has 0 aliphatic carbocycles. The van der Waals surface area contributed by atoms with Gasteiger partial charge in [0.1, 0.15) is 40.5 Å². The van der Waals surface area contributed by atoms with E-state index in [-0.39, 0.29) is 6.10 Å². The molecule has 3 rings (SSSR count). The second kappa shape index (κ2) is 7.81. The van der Waals surface area contributed by atoms with Crippen molar-refractivity contribution in [3.63, 3.8) is 0 Å². The number of hydrogen-bond acceptors (Lipinski definition) is 7. The lowest BCUT2D eigenvalue weighted by Gasteiger charge is -2.42. The molecule has 1 aromatic heterocycles. The first kappa shape index (κ1) is 22.5. The minimum absolute atomic E-state index is 0.265. The summed E-state index contributed by atoms with van der Waals surface area (Å²) in [5.41, 5.74) is -2.95. The number of ether oxygens (including phenoxy) is 3. The van der Waals surface area contributed by atoms with Gasteiger partial charge >= 0.3 is 5.63 Å². The van der Waals surface area contributed by atoms with E-state index in [9.17, 15) is 15.0 Å². The molecule has 164 valence electrons. The number of allylic oxidation sites excluding steroid dienone is 4. The van der Waals surface area contributed by atoms with Crippen LogP contribution in [-0.2, 0) is 9.47 Å². The minimum atomic E-state index is -1.35. The predicted octanol–water partition coefficient (Wildman–Crippen LogP) is 2.53. The molecule has 2 N–H and O–H groups in total. The number of methoxy groups -OCH3 is 1. The fraction of sp³-hybridized carbons (Fsp3) is 0.522. The smallest absolute Gasteiger partial charge is 0.339 e. The van der Waals surface area contributed by atoms with Crippen molar-refractivity contribution < 1.29 is 28.8 Å². The monoisotopic (exact) mass is 418 g/mol. The quantitative estimate of drug-likeness (QED) is 0.685. The summed E-state index contributed by atoms with van der Waals surface area (Å²) in [5.74, 6) is 0.884. The van der Waals surface area contributed by atoms with E-state index in [1.807, 2.05) is 6.92 Å². The van der Waals surface area contributed by atoms with Gasteiger partial charge in [0.25, 0.3) is 0 Å². The number of fused-ring (bicyclic) bond motifs is 2. The van der Waals surface area contributed by atoms with Crippen molar-refractivity contribution in [2.45, 2.75) is 69.7 Å². The van der Waals surface area contributed by atoms with Crippen molar-refractivity contribution in [1.29, 1.82) is 0 Å². The maximum atomic E-state index is 11.6. The van der Waals surface area contributed by atoms with Gasteiger partial charge in [-0.3, -0.25) is 0 Å². The van der Waals surface area contributed by atoms with E-state index in [4.69, 9.17) is 18.6 Å². The molecule has 0 radical (unpaired) electrons. The Hall–Kier alpha value is -2.19. The van der Waals surface area contributed by atoms with Crippen LogP contribution >= 0.6 is 0 Å². The van der Waals surface area contributed by atoms with E-state index in [0.717, 1.165) is 5.56 Å². The highest BCUT2D eigenvalue weighted by Gasteiger charge is 2.71. The van der Waals surface area contributed by atoms with Gasteiger partial charge in [0.05, 0.1) is 19.3 Å². The van der Waals surface area contributed by atoms with Crippen LogP contribution in [0.2, 0.25) is 0 Å². The Morgan fingerprint density at radius 3 is 2.40 bits per heavy atom. The predicted molar refractivity (Wildman–Crippen MR) is 112 cm³/mol. The SMILES string of the molecule is COc1cc(=O)oc(C=CC=CC=C[C@@](C)(O)[C@@H]2O[C@@]3(C)[C@@H](O)[C@@]2(C)O[C@@H]3C)c1C. The van der Waals surface area contributed by atoms with Gasteiger partial charge in [-0.1, -0.05) is 30.4 Å². The first-order valence-corrected chi connectivity index (χ1v) is 9.93. The van der Waals surface area contributed by atoms with Crippen molar-refractivity contribution in [2.24, 2.45) is 0 Å². The molecule has 0 spiro atoms. The van der Waals surface area contributed by atoms with Crippen molar-refractivity contribution in [1.82, 2.24) is 0 Å². The number of rotatable bonds is 6. The van der Waals surface area contributed by atoms with Gasteiger partial charge in [0, 0.05) is 5.56 Å². The van der Waals surface area contributed by atoms with E-state index in [1.54, 1.807) is 64.2 Å². The topological polar surface area (TPSA) is 98.4 Å². The van der Waals surface area contributed by atoms with Gasteiger partial charge in [-0.2, -0.15) is 0 Å². The molecular formula is C23H30O7. The van der Waals surface area contributed by atoms with Crippen molar-refractivity contribution in [2.75, 3.05) is 7.11 Å². The van der Waals surface area contributed by atoms with Crippen LogP contribution in [0.5, 0.6) is 5.75 Å². The Balaban J connectivity index is 1.69. The maximum Gasteiger partial charge on any atom is 0.339 e. The summed E-state index contributed by atoms with van der Waals surface area (Å²) in [6, 6.07) is 1.30. The molecule has 30 heavy (non-hydrogen) atoms. The Morgan fingerprint density at radius 2 is 1.83 bits per heavy atom. The molecule has 0 unspecified atom stereocenters. The average molecular weight is 418 g/mol. The van der Waals surface area contributed by atoms with Crippen LogP contribution < -0.4 is 10.4 Å². The third kappa shape index (κ3) is 3.67. The molecule has 2 saturated heterocycles. The summed E-state index contributed by atoms with van der Waals surface area (Å²) >= 11 is 0. The highest BCUT2D eigenvalue weighted by Crippen LogP contribution is 2.53. The Morgan fingerprint density at radius 1 is 1.17 bits per heavy atom. The first-order valence-electron chi connectivity index (χ1n) is 9.93. The molecule has 3 heterocycles. The van der Waals surface area contributed by atoms with E-state index < -0.39 is 34.6 Å². The normalized spacial score (nSPS) is 35.7. The highest BCUT2D eigenvalue weighted by molar-refractivity contribution is 5.52. The summed E-state index contributed by atoms with van der Waals surface area (Å²) in [5, 5.41) is 21.6. The first-order chi connectivity index (χ1) is 14.0. The fourth-order valence-electron chi connectivity index (χ4n) is 4.32. The fourth-order valence-corrected chi connectivity index (χ4v) is 4.32. The van der Waals surface area contributed by atoms with E-state index in [1.165, 1.54) is 13.2 Å². The van der Waals surface area contributed by atoms with Crippen LogP contribution in [0, 0.1) is 6.92 Å².